The van der Waals surface area contributed by atoms with Gasteiger partial charge in [0.25, 0.3) is 0 Å². The number of rotatable bonds is 5. The van der Waals surface area contributed by atoms with Gasteiger partial charge < -0.3 is 9.88 Å². The van der Waals surface area contributed by atoms with Gasteiger partial charge in [-0.05, 0) is 19.1 Å². The average Bonchev–Trinajstić information content (AvgIpc) is 3.28. The Balaban J connectivity index is 1.43. The van der Waals surface area contributed by atoms with Gasteiger partial charge in [-0.3, -0.25) is 4.79 Å². The summed E-state index contributed by atoms with van der Waals surface area (Å²) < 4.78 is 4.76. The maximum atomic E-state index is 12.6. The molecule has 1 aromatic carbocycles. The molecule has 0 saturated heterocycles. The lowest BCUT2D eigenvalue weighted by molar-refractivity contribution is -0.122. The molecule has 26 heavy (non-hydrogen) atoms. The van der Waals surface area contributed by atoms with E-state index in [1.54, 1.807) is 18.7 Å². The van der Waals surface area contributed by atoms with Gasteiger partial charge in [0.05, 0.1) is 17.9 Å². The predicted molar refractivity (Wildman–Crippen MR) is 97.4 cm³/mol. The molecule has 1 aliphatic rings. The number of fused-ring (bicyclic) bond motifs is 1. The Kier molecular flexibility index (Phi) is 4.37. The summed E-state index contributed by atoms with van der Waals surface area (Å²) in [7, 11) is 0. The summed E-state index contributed by atoms with van der Waals surface area (Å²) in [6, 6.07) is 9.25. The van der Waals surface area contributed by atoms with Gasteiger partial charge >= 0.3 is 5.69 Å². The van der Waals surface area contributed by atoms with E-state index >= 15 is 0 Å². The summed E-state index contributed by atoms with van der Waals surface area (Å²) in [4.78, 5) is 29.2. The van der Waals surface area contributed by atoms with Gasteiger partial charge in [0, 0.05) is 18.5 Å². The summed E-state index contributed by atoms with van der Waals surface area (Å²) >= 11 is 1.71. The number of nitrogens with zero attached hydrogens (tertiary/aromatic N) is 5. The summed E-state index contributed by atoms with van der Waals surface area (Å²) in [5.74, 6) is 1.31. The first-order chi connectivity index (χ1) is 12.6. The van der Waals surface area contributed by atoms with Gasteiger partial charge in [-0.25, -0.2) is 19.0 Å². The second kappa shape index (κ2) is 6.83. The Hall–Kier alpha value is -2.81. The SMILES string of the molecule is Cc1nn(CC(=O)NCc2cn3c(n2)SCC3)c(=O)n1-c1ccccc1. The predicted octanol–water partition coefficient (Wildman–Crippen LogP) is 0.961. The van der Waals surface area contributed by atoms with E-state index in [2.05, 4.69) is 20.0 Å². The second-order valence-electron chi connectivity index (χ2n) is 5.99. The van der Waals surface area contributed by atoms with Crippen molar-refractivity contribution in [2.24, 2.45) is 0 Å². The first kappa shape index (κ1) is 16.6. The first-order valence-electron chi connectivity index (χ1n) is 8.29. The number of aromatic nitrogens is 5. The minimum Gasteiger partial charge on any atom is -0.349 e. The van der Waals surface area contributed by atoms with E-state index in [0.29, 0.717) is 12.4 Å². The highest BCUT2D eigenvalue weighted by atomic mass is 32.2. The molecule has 0 aliphatic carbocycles. The van der Waals surface area contributed by atoms with E-state index in [9.17, 15) is 9.59 Å². The number of hydrogen-bond acceptors (Lipinski definition) is 5. The number of nitrogens with one attached hydrogen (secondary N) is 1. The van der Waals surface area contributed by atoms with Crippen LogP contribution in [0.2, 0.25) is 0 Å². The molecule has 8 nitrogen and oxygen atoms in total. The fourth-order valence-corrected chi connectivity index (χ4v) is 3.88. The Labute approximate surface area is 153 Å². The monoisotopic (exact) mass is 370 g/mol. The van der Waals surface area contributed by atoms with Crippen molar-refractivity contribution >= 4 is 17.7 Å². The number of aryl methyl sites for hydroxylation is 2. The lowest BCUT2D eigenvalue weighted by Gasteiger charge is -2.03. The first-order valence-corrected chi connectivity index (χ1v) is 9.28. The smallest absolute Gasteiger partial charge is 0.349 e. The fourth-order valence-electron chi connectivity index (χ4n) is 2.92. The van der Waals surface area contributed by atoms with Crippen molar-refractivity contribution in [2.45, 2.75) is 31.7 Å². The highest BCUT2D eigenvalue weighted by Gasteiger charge is 2.16. The van der Waals surface area contributed by atoms with E-state index in [4.69, 9.17) is 0 Å². The fraction of sp³-hybridized carbons (Fsp3) is 0.294. The molecule has 0 saturated carbocycles. The van der Waals surface area contributed by atoms with Crippen LogP contribution < -0.4 is 11.0 Å². The van der Waals surface area contributed by atoms with Crippen LogP contribution in [0.5, 0.6) is 0 Å². The van der Waals surface area contributed by atoms with Crippen LogP contribution in [0.1, 0.15) is 11.5 Å². The number of imidazole rings is 1. The topological polar surface area (TPSA) is 86.7 Å². The Morgan fingerprint density at radius 1 is 1.31 bits per heavy atom. The summed E-state index contributed by atoms with van der Waals surface area (Å²) in [6.45, 7) is 2.91. The van der Waals surface area contributed by atoms with Crippen molar-refractivity contribution in [3.05, 3.63) is 58.5 Å². The molecule has 0 radical (unpaired) electrons. The lowest BCUT2D eigenvalue weighted by Crippen LogP contribution is -2.33. The van der Waals surface area contributed by atoms with E-state index in [1.807, 2.05) is 36.5 Å². The van der Waals surface area contributed by atoms with Gasteiger partial charge in [-0.15, -0.1) is 0 Å². The molecule has 1 N–H and O–H groups in total. The minimum absolute atomic E-state index is 0.123. The lowest BCUT2D eigenvalue weighted by atomic mass is 10.3. The van der Waals surface area contributed by atoms with Gasteiger partial charge in [0.15, 0.2) is 5.16 Å². The number of para-hydroxylation sites is 1. The highest BCUT2D eigenvalue weighted by Crippen LogP contribution is 2.24. The maximum absolute atomic E-state index is 12.6. The van der Waals surface area contributed by atoms with Gasteiger partial charge in [-0.2, -0.15) is 5.10 Å². The number of thioether (sulfide) groups is 1. The van der Waals surface area contributed by atoms with E-state index in [-0.39, 0.29) is 18.1 Å². The van der Waals surface area contributed by atoms with Crippen LogP contribution >= 0.6 is 11.8 Å². The minimum atomic E-state index is -0.332. The zero-order valence-electron chi connectivity index (χ0n) is 14.3. The number of benzene rings is 1. The molecule has 0 bridgehead atoms. The number of carbonyl (C=O) groups is 1. The maximum Gasteiger partial charge on any atom is 0.351 e. The molecule has 134 valence electrons. The molecule has 1 aliphatic heterocycles. The standard InChI is InChI=1S/C17H18N6O2S/c1-12-20-22(17(25)23(12)14-5-3-2-4-6-14)11-15(24)18-9-13-10-21-7-8-26-16(21)19-13/h2-6,10H,7-9,11H2,1H3,(H,18,24). The molecule has 0 unspecified atom stereocenters. The normalized spacial score (nSPS) is 13.0. The Bertz CT molecular complexity index is 983. The molecule has 0 spiro atoms. The van der Waals surface area contributed by atoms with Crippen LogP contribution in [0.4, 0.5) is 0 Å². The third-order valence-electron chi connectivity index (χ3n) is 4.13. The van der Waals surface area contributed by atoms with Crippen molar-refractivity contribution in [2.75, 3.05) is 5.75 Å². The van der Waals surface area contributed by atoms with E-state index in [0.717, 1.165) is 28.8 Å². The third kappa shape index (κ3) is 3.17. The molecular formula is C17H18N6O2S. The Morgan fingerprint density at radius 2 is 2.12 bits per heavy atom. The van der Waals surface area contributed by atoms with Crippen LogP contribution in [0.15, 0.2) is 46.5 Å². The van der Waals surface area contributed by atoms with Crippen LogP contribution in [0, 0.1) is 6.92 Å². The highest BCUT2D eigenvalue weighted by molar-refractivity contribution is 7.99. The molecule has 9 heteroatoms. The van der Waals surface area contributed by atoms with E-state index < -0.39 is 0 Å². The zero-order chi connectivity index (χ0) is 18.1. The number of hydrogen-bond donors (Lipinski definition) is 1. The molecule has 0 atom stereocenters. The molecule has 3 heterocycles. The van der Waals surface area contributed by atoms with Crippen LogP contribution in [0.3, 0.4) is 0 Å². The summed E-state index contributed by atoms with van der Waals surface area (Å²) in [6.07, 6.45) is 1.95. The van der Waals surface area contributed by atoms with Crippen LogP contribution in [-0.2, 0) is 24.4 Å². The van der Waals surface area contributed by atoms with Crippen molar-refractivity contribution in [3.63, 3.8) is 0 Å². The van der Waals surface area contributed by atoms with Crippen molar-refractivity contribution in [1.82, 2.24) is 29.2 Å². The summed E-state index contributed by atoms with van der Waals surface area (Å²) in [5, 5.41) is 7.99. The van der Waals surface area contributed by atoms with Crippen molar-refractivity contribution in [3.8, 4) is 5.69 Å². The molecule has 2 aromatic heterocycles. The zero-order valence-corrected chi connectivity index (χ0v) is 15.1. The Morgan fingerprint density at radius 3 is 2.88 bits per heavy atom. The van der Waals surface area contributed by atoms with Gasteiger partial charge in [-0.1, -0.05) is 30.0 Å². The van der Waals surface area contributed by atoms with Crippen LogP contribution in [-0.4, -0.2) is 35.6 Å². The third-order valence-corrected chi connectivity index (χ3v) is 5.10. The largest absolute Gasteiger partial charge is 0.351 e. The van der Waals surface area contributed by atoms with Crippen molar-refractivity contribution in [1.29, 1.82) is 0 Å². The quantitative estimate of drug-likeness (QED) is 0.723. The van der Waals surface area contributed by atoms with Gasteiger partial charge in [0.2, 0.25) is 5.91 Å². The molecule has 3 aromatic rings. The molecule has 1 amide bonds. The number of carbonyl (C=O) groups excluding carboxylic acids is 1. The van der Waals surface area contributed by atoms with Gasteiger partial charge in [0.1, 0.15) is 12.4 Å². The van der Waals surface area contributed by atoms with E-state index in [1.165, 1.54) is 9.25 Å². The van der Waals surface area contributed by atoms with Crippen LogP contribution in [0.25, 0.3) is 5.69 Å². The molecule has 4 rings (SSSR count). The number of amides is 1. The molecular weight excluding hydrogens is 352 g/mol. The second-order valence-corrected chi connectivity index (χ2v) is 7.05. The molecule has 0 fully saturated rings. The summed E-state index contributed by atoms with van der Waals surface area (Å²) in [5.41, 5.74) is 1.21. The average molecular weight is 370 g/mol. The van der Waals surface area contributed by atoms with Crippen molar-refractivity contribution < 1.29 is 4.79 Å².